The van der Waals surface area contributed by atoms with Gasteiger partial charge in [0.15, 0.2) is 0 Å². The molecule has 2 aromatic rings. The Balaban J connectivity index is 2.08. The molecule has 1 atom stereocenters. The van der Waals surface area contributed by atoms with Crippen molar-refractivity contribution in [2.24, 2.45) is 14.1 Å². The number of nitrogens with one attached hydrogen (secondary N) is 1. The van der Waals surface area contributed by atoms with Gasteiger partial charge in [0.2, 0.25) is 0 Å². The molecule has 0 saturated carbocycles. The van der Waals surface area contributed by atoms with Gasteiger partial charge in [0, 0.05) is 33.7 Å². The molecule has 0 bridgehead atoms. The quantitative estimate of drug-likeness (QED) is 0.773. The zero-order valence-electron chi connectivity index (χ0n) is 13.4. The molecule has 3 rings (SSSR count). The molecule has 2 aromatic heterocycles. The molecule has 1 saturated heterocycles. The van der Waals surface area contributed by atoms with E-state index in [1.54, 1.807) is 18.0 Å². The van der Waals surface area contributed by atoms with Crippen molar-refractivity contribution in [1.29, 1.82) is 0 Å². The van der Waals surface area contributed by atoms with Gasteiger partial charge in [-0.15, -0.1) is 0 Å². The fourth-order valence-corrected chi connectivity index (χ4v) is 2.89. The number of carbonyl (C=O) groups is 1. The molecule has 0 radical (unpaired) electrons. The first kappa shape index (κ1) is 15.4. The molecule has 1 N–H and O–H groups in total. The first-order chi connectivity index (χ1) is 10.9. The standard InChI is InChI=1S/C15H19N5O3/c1-18(9-6-7-16-8-9)14(22)11-5-4-10-12(17-11)19(2)15(23)20(3)13(10)21/h4-5,9,16H,6-8H2,1-3H3. The summed E-state index contributed by atoms with van der Waals surface area (Å²) in [6, 6.07) is 3.22. The topological polar surface area (TPSA) is 89.2 Å². The minimum atomic E-state index is -0.465. The highest BCUT2D eigenvalue weighted by molar-refractivity contribution is 5.94. The molecular formula is C15H19N5O3. The summed E-state index contributed by atoms with van der Waals surface area (Å²) in [5, 5.41) is 3.53. The van der Waals surface area contributed by atoms with Crippen molar-refractivity contribution in [3.63, 3.8) is 0 Å². The van der Waals surface area contributed by atoms with Crippen LogP contribution in [0.15, 0.2) is 21.7 Å². The molecule has 23 heavy (non-hydrogen) atoms. The SMILES string of the molecule is CN(C(=O)c1ccc2c(=O)n(C)c(=O)n(C)c2n1)C1CCNC1. The summed E-state index contributed by atoms with van der Waals surface area (Å²) in [5.41, 5.74) is -0.423. The van der Waals surface area contributed by atoms with Gasteiger partial charge < -0.3 is 10.2 Å². The number of likely N-dealkylation sites (N-methyl/N-ethyl adjacent to an activating group) is 1. The molecule has 0 spiro atoms. The zero-order valence-corrected chi connectivity index (χ0v) is 13.4. The third kappa shape index (κ3) is 2.44. The highest BCUT2D eigenvalue weighted by Crippen LogP contribution is 2.12. The van der Waals surface area contributed by atoms with Gasteiger partial charge >= 0.3 is 5.69 Å². The molecule has 8 nitrogen and oxygen atoms in total. The number of amides is 1. The first-order valence-electron chi connectivity index (χ1n) is 7.46. The number of rotatable bonds is 2. The number of aromatic nitrogens is 3. The lowest BCUT2D eigenvalue weighted by Crippen LogP contribution is -2.39. The summed E-state index contributed by atoms with van der Waals surface area (Å²) in [6.45, 7) is 1.65. The maximum atomic E-state index is 12.6. The minimum Gasteiger partial charge on any atom is -0.336 e. The van der Waals surface area contributed by atoms with Gasteiger partial charge in [0.25, 0.3) is 11.5 Å². The largest absolute Gasteiger partial charge is 0.336 e. The van der Waals surface area contributed by atoms with Gasteiger partial charge in [-0.2, -0.15) is 0 Å². The molecule has 122 valence electrons. The van der Waals surface area contributed by atoms with Crippen LogP contribution in [0.1, 0.15) is 16.9 Å². The Morgan fingerprint density at radius 2 is 2.04 bits per heavy atom. The Morgan fingerprint density at radius 1 is 1.30 bits per heavy atom. The van der Waals surface area contributed by atoms with E-state index in [2.05, 4.69) is 10.3 Å². The highest BCUT2D eigenvalue weighted by atomic mass is 16.2. The number of hydrogen-bond acceptors (Lipinski definition) is 5. The van der Waals surface area contributed by atoms with Crippen LogP contribution in [0.3, 0.4) is 0 Å². The van der Waals surface area contributed by atoms with Crippen LogP contribution >= 0.6 is 0 Å². The molecule has 0 aromatic carbocycles. The number of pyridine rings is 1. The Bertz CT molecular complexity index is 892. The fraction of sp³-hybridized carbons (Fsp3) is 0.467. The van der Waals surface area contributed by atoms with Crippen molar-refractivity contribution in [2.75, 3.05) is 20.1 Å². The van der Waals surface area contributed by atoms with E-state index in [4.69, 9.17) is 0 Å². The van der Waals surface area contributed by atoms with Crippen molar-refractivity contribution in [3.05, 3.63) is 38.7 Å². The number of nitrogens with zero attached hydrogens (tertiary/aromatic N) is 4. The van der Waals surface area contributed by atoms with E-state index in [9.17, 15) is 14.4 Å². The second-order valence-electron chi connectivity index (χ2n) is 5.84. The van der Waals surface area contributed by atoms with Gasteiger partial charge in [-0.05, 0) is 25.1 Å². The molecule has 0 aliphatic carbocycles. The minimum absolute atomic E-state index is 0.132. The van der Waals surface area contributed by atoms with Crippen molar-refractivity contribution < 1.29 is 4.79 Å². The van der Waals surface area contributed by atoms with Gasteiger partial charge in [-0.1, -0.05) is 0 Å². The van der Waals surface area contributed by atoms with E-state index in [1.807, 2.05) is 0 Å². The molecule has 1 amide bonds. The van der Waals surface area contributed by atoms with Crippen molar-refractivity contribution >= 4 is 16.9 Å². The number of hydrogen-bond donors (Lipinski definition) is 1. The van der Waals surface area contributed by atoms with Crippen LogP contribution in [0, 0.1) is 0 Å². The van der Waals surface area contributed by atoms with Crippen LogP contribution in [0.4, 0.5) is 0 Å². The average molecular weight is 317 g/mol. The van der Waals surface area contributed by atoms with E-state index in [-0.39, 0.29) is 23.3 Å². The van der Waals surface area contributed by atoms with E-state index < -0.39 is 11.2 Å². The molecular weight excluding hydrogens is 298 g/mol. The maximum Gasteiger partial charge on any atom is 0.332 e. The average Bonchev–Trinajstić information content (AvgIpc) is 3.10. The lowest BCUT2D eigenvalue weighted by molar-refractivity contribution is 0.0738. The lowest BCUT2D eigenvalue weighted by Gasteiger charge is -2.23. The van der Waals surface area contributed by atoms with Gasteiger partial charge in [0.1, 0.15) is 11.3 Å². The van der Waals surface area contributed by atoms with Crippen LogP contribution in [0.5, 0.6) is 0 Å². The number of fused-ring (bicyclic) bond motifs is 1. The third-order valence-electron chi connectivity index (χ3n) is 4.42. The van der Waals surface area contributed by atoms with Gasteiger partial charge in [0.05, 0.1) is 5.39 Å². The second-order valence-corrected chi connectivity index (χ2v) is 5.84. The molecule has 8 heteroatoms. The smallest absolute Gasteiger partial charge is 0.332 e. The van der Waals surface area contributed by atoms with Crippen molar-refractivity contribution in [2.45, 2.75) is 12.5 Å². The monoisotopic (exact) mass is 317 g/mol. The number of aryl methyl sites for hydroxylation is 1. The summed E-state index contributed by atoms with van der Waals surface area (Å²) >= 11 is 0. The fourth-order valence-electron chi connectivity index (χ4n) is 2.89. The van der Waals surface area contributed by atoms with E-state index >= 15 is 0 Å². The van der Waals surface area contributed by atoms with Crippen LogP contribution in [0.25, 0.3) is 11.0 Å². The predicted molar refractivity (Wildman–Crippen MR) is 85.6 cm³/mol. The number of carbonyl (C=O) groups excluding carboxylic acids is 1. The molecule has 1 aliphatic rings. The van der Waals surface area contributed by atoms with E-state index in [1.165, 1.54) is 24.7 Å². The normalized spacial score (nSPS) is 17.6. The summed E-state index contributed by atoms with van der Waals surface area (Å²) in [4.78, 5) is 42.7. The first-order valence-corrected chi connectivity index (χ1v) is 7.46. The van der Waals surface area contributed by atoms with Crippen molar-refractivity contribution in [3.8, 4) is 0 Å². The van der Waals surface area contributed by atoms with E-state index in [0.29, 0.717) is 5.39 Å². The Labute approximate surface area is 132 Å². The molecule has 1 unspecified atom stereocenters. The second kappa shape index (κ2) is 5.62. The third-order valence-corrected chi connectivity index (χ3v) is 4.42. The Hall–Kier alpha value is -2.48. The van der Waals surface area contributed by atoms with Gasteiger partial charge in [-0.25, -0.2) is 9.78 Å². The summed E-state index contributed by atoms with van der Waals surface area (Å²) < 4.78 is 2.31. The van der Waals surface area contributed by atoms with E-state index in [0.717, 1.165) is 24.1 Å². The zero-order chi connectivity index (χ0) is 16.7. The summed E-state index contributed by atoms with van der Waals surface area (Å²) in [6.07, 6.45) is 0.898. The van der Waals surface area contributed by atoms with Crippen LogP contribution in [0.2, 0.25) is 0 Å². The Morgan fingerprint density at radius 3 is 2.70 bits per heavy atom. The molecule has 3 heterocycles. The summed E-state index contributed by atoms with van der Waals surface area (Å²) in [5.74, 6) is -0.214. The maximum absolute atomic E-state index is 12.6. The highest BCUT2D eigenvalue weighted by Gasteiger charge is 2.25. The summed E-state index contributed by atoms with van der Waals surface area (Å²) in [7, 11) is 4.70. The van der Waals surface area contributed by atoms with Gasteiger partial charge in [-0.3, -0.25) is 18.7 Å². The molecule has 1 fully saturated rings. The van der Waals surface area contributed by atoms with Crippen LogP contribution < -0.4 is 16.6 Å². The van der Waals surface area contributed by atoms with Crippen molar-refractivity contribution in [1.82, 2.24) is 24.3 Å². The lowest BCUT2D eigenvalue weighted by atomic mass is 10.2. The van der Waals surface area contributed by atoms with Crippen LogP contribution in [-0.4, -0.2) is 51.1 Å². The molecule has 1 aliphatic heterocycles. The van der Waals surface area contributed by atoms with Crippen LogP contribution in [-0.2, 0) is 14.1 Å². The predicted octanol–water partition coefficient (Wildman–Crippen LogP) is -0.934. The Kier molecular flexibility index (Phi) is 3.77.